The molecule has 0 saturated heterocycles. The van der Waals surface area contributed by atoms with Crippen LogP contribution in [0.3, 0.4) is 0 Å². The third kappa shape index (κ3) is 3.45. The largest absolute Gasteiger partial charge is 0.310 e. The van der Waals surface area contributed by atoms with E-state index in [9.17, 15) is 0 Å². The number of hydrogen-bond donors (Lipinski definition) is 1. The van der Waals surface area contributed by atoms with Gasteiger partial charge in [0.15, 0.2) is 0 Å². The fraction of sp³-hybridized carbons (Fsp3) is 0.643. The highest BCUT2D eigenvalue weighted by atomic mass is 15.4. The summed E-state index contributed by atoms with van der Waals surface area (Å²) in [5.41, 5.74) is 1.03. The molecule has 2 heterocycles. The third-order valence-corrected chi connectivity index (χ3v) is 3.52. The number of rotatable bonds is 8. The Morgan fingerprint density at radius 2 is 2.05 bits per heavy atom. The average molecular weight is 276 g/mol. The van der Waals surface area contributed by atoms with Gasteiger partial charge in [0.1, 0.15) is 12.2 Å². The number of nitrogens with zero attached hydrogens (tertiary/aromatic N) is 5. The van der Waals surface area contributed by atoms with Gasteiger partial charge in [-0.1, -0.05) is 20.8 Å². The summed E-state index contributed by atoms with van der Waals surface area (Å²) in [4.78, 5) is 4.28. The predicted octanol–water partition coefficient (Wildman–Crippen LogP) is 1.99. The van der Waals surface area contributed by atoms with Crippen molar-refractivity contribution in [3.8, 4) is 0 Å². The van der Waals surface area contributed by atoms with Crippen molar-refractivity contribution in [1.29, 1.82) is 0 Å². The van der Waals surface area contributed by atoms with Gasteiger partial charge < -0.3 is 5.32 Å². The van der Waals surface area contributed by atoms with Crippen molar-refractivity contribution in [2.24, 2.45) is 0 Å². The van der Waals surface area contributed by atoms with Gasteiger partial charge in [-0.25, -0.2) is 9.67 Å². The molecule has 2 rings (SSSR count). The lowest BCUT2D eigenvalue weighted by Crippen LogP contribution is -2.17. The van der Waals surface area contributed by atoms with E-state index < -0.39 is 0 Å². The van der Waals surface area contributed by atoms with Gasteiger partial charge in [-0.2, -0.15) is 10.2 Å². The Bertz CT molecular complexity index is 511. The molecule has 0 saturated carbocycles. The molecule has 2 aromatic rings. The van der Waals surface area contributed by atoms with Crippen molar-refractivity contribution < 1.29 is 0 Å². The highest BCUT2D eigenvalue weighted by Crippen LogP contribution is 2.14. The summed E-state index contributed by atoms with van der Waals surface area (Å²) in [6.07, 6.45) is 5.87. The Balaban J connectivity index is 2.05. The third-order valence-electron chi connectivity index (χ3n) is 3.52. The van der Waals surface area contributed by atoms with Gasteiger partial charge in [-0.3, -0.25) is 4.68 Å². The normalized spacial score (nSPS) is 11.4. The summed E-state index contributed by atoms with van der Waals surface area (Å²) >= 11 is 0. The second-order valence-electron chi connectivity index (χ2n) is 4.87. The van der Waals surface area contributed by atoms with Crippen LogP contribution >= 0.6 is 0 Å². The molecule has 6 heteroatoms. The zero-order valence-corrected chi connectivity index (χ0v) is 12.6. The maximum absolute atomic E-state index is 4.66. The fourth-order valence-electron chi connectivity index (χ4n) is 2.28. The molecule has 0 aromatic carbocycles. The molecule has 0 radical (unpaired) electrons. The van der Waals surface area contributed by atoms with Gasteiger partial charge in [-0.05, 0) is 25.5 Å². The van der Waals surface area contributed by atoms with Gasteiger partial charge in [0.2, 0.25) is 0 Å². The molecule has 0 unspecified atom stereocenters. The molecule has 0 amide bonds. The molecule has 0 fully saturated rings. The van der Waals surface area contributed by atoms with Crippen LogP contribution in [0.2, 0.25) is 0 Å². The van der Waals surface area contributed by atoms with E-state index >= 15 is 0 Å². The molecule has 6 nitrogen and oxygen atoms in total. The number of hydrogen-bond acceptors (Lipinski definition) is 4. The van der Waals surface area contributed by atoms with E-state index in [1.165, 1.54) is 0 Å². The van der Waals surface area contributed by atoms with Crippen molar-refractivity contribution in [2.45, 2.75) is 52.7 Å². The lowest BCUT2D eigenvalue weighted by molar-refractivity contribution is 0.423. The Morgan fingerprint density at radius 3 is 2.75 bits per heavy atom. The van der Waals surface area contributed by atoms with Gasteiger partial charge in [-0.15, -0.1) is 0 Å². The fourth-order valence-corrected chi connectivity index (χ4v) is 2.28. The first-order valence-electron chi connectivity index (χ1n) is 7.39. The van der Waals surface area contributed by atoms with Crippen LogP contribution in [0, 0.1) is 0 Å². The monoisotopic (exact) mass is 276 g/mol. The quantitative estimate of drug-likeness (QED) is 0.801. The summed E-state index contributed by atoms with van der Waals surface area (Å²) in [6, 6.07) is 2.55. The summed E-state index contributed by atoms with van der Waals surface area (Å²) in [6.45, 7) is 8.81. The standard InChI is InChI=1S/C14H24N6/c1-4-13(5-2)19-8-7-12(18-19)10-20-14(9-15-6-3)16-11-17-20/h7-8,11,13,15H,4-6,9-10H2,1-3H3. The van der Waals surface area contributed by atoms with Crippen molar-refractivity contribution in [2.75, 3.05) is 6.54 Å². The van der Waals surface area contributed by atoms with E-state index in [0.29, 0.717) is 12.6 Å². The molecule has 0 aliphatic carbocycles. The summed E-state index contributed by atoms with van der Waals surface area (Å²) in [5, 5.41) is 12.2. The van der Waals surface area contributed by atoms with Crippen LogP contribution in [-0.4, -0.2) is 31.1 Å². The van der Waals surface area contributed by atoms with E-state index in [1.54, 1.807) is 6.33 Å². The lowest BCUT2D eigenvalue weighted by Gasteiger charge is -2.12. The van der Waals surface area contributed by atoms with E-state index in [0.717, 1.165) is 37.4 Å². The van der Waals surface area contributed by atoms with Crippen LogP contribution in [-0.2, 0) is 13.1 Å². The first-order chi connectivity index (χ1) is 9.78. The molecule has 110 valence electrons. The van der Waals surface area contributed by atoms with E-state index in [1.807, 2.05) is 4.68 Å². The predicted molar refractivity (Wildman–Crippen MR) is 78.4 cm³/mol. The minimum absolute atomic E-state index is 0.487. The molecule has 0 spiro atoms. The van der Waals surface area contributed by atoms with E-state index in [-0.39, 0.29) is 0 Å². The molecule has 0 aliphatic heterocycles. The Kier molecular flexibility index (Phi) is 5.29. The lowest BCUT2D eigenvalue weighted by atomic mass is 10.2. The van der Waals surface area contributed by atoms with Crippen LogP contribution in [0.4, 0.5) is 0 Å². The maximum atomic E-state index is 4.66. The van der Waals surface area contributed by atoms with Crippen LogP contribution in [0.15, 0.2) is 18.6 Å². The van der Waals surface area contributed by atoms with Crippen LogP contribution < -0.4 is 5.32 Å². The SMILES string of the molecule is CCNCc1ncnn1Cc1ccn(C(CC)CC)n1. The Morgan fingerprint density at radius 1 is 1.25 bits per heavy atom. The highest BCUT2D eigenvalue weighted by molar-refractivity contribution is 5.01. The summed E-state index contributed by atoms with van der Waals surface area (Å²) in [5.74, 6) is 0.948. The van der Waals surface area contributed by atoms with Crippen LogP contribution in [0.25, 0.3) is 0 Å². The van der Waals surface area contributed by atoms with Crippen LogP contribution in [0.5, 0.6) is 0 Å². The molecule has 1 N–H and O–H groups in total. The second kappa shape index (κ2) is 7.19. The van der Waals surface area contributed by atoms with Crippen molar-refractivity contribution >= 4 is 0 Å². The summed E-state index contributed by atoms with van der Waals surface area (Å²) < 4.78 is 3.97. The minimum Gasteiger partial charge on any atom is -0.310 e. The Labute approximate surface area is 120 Å². The minimum atomic E-state index is 0.487. The smallest absolute Gasteiger partial charge is 0.141 e. The first kappa shape index (κ1) is 14.7. The number of aromatic nitrogens is 5. The first-order valence-corrected chi connectivity index (χ1v) is 7.39. The molecule has 2 aromatic heterocycles. The van der Waals surface area contributed by atoms with E-state index in [2.05, 4.69) is 58.2 Å². The molecular weight excluding hydrogens is 252 g/mol. The Hall–Kier alpha value is -1.69. The highest BCUT2D eigenvalue weighted by Gasteiger charge is 2.10. The molecular formula is C14H24N6. The maximum Gasteiger partial charge on any atom is 0.141 e. The van der Waals surface area contributed by atoms with Crippen molar-refractivity contribution in [1.82, 2.24) is 29.9 Å². The molecule has 20 heavy (non-hydrogen) atoms. The van der Waals surface area contributed by atoms with E-state index in [4.69, 9.17) is 0 Å². The zero-order chi connectivity index (χ0) is 14.4. The number of nitrogens with one attached hydrogen (secondary N) is 1. The molecule has 0 bridgehead atoms. The van der Waals surface area contributed by atoms with Crippen LogP contribution in [0.1, 0.15) is 51.2 Å². The zero-order valence-electron chi connectivity index (χ0n) is 12.6. The molecule has 0 atom stereocenters. The average Bonchev–Trinajstić information content (AvgIpc) is 3.08. The van der Waals surface area contributed by atoms with Gasteiger partial charge in [0.05, 0.1) is 24.8 Å². The van der Waals surface area contributed by atoms with Gasteiger partial charge in [0, 0.05) is 6.20 Å². The van der Waals surface area contributed by atoms with Gasteiger partial charge in [0.25, 0.3) is 0 Å². The van der Waals surface area contributed by atoms with Gasteiger partial charge >= 0.3 is 0 Å². The van der Waals surface area contributed by atoms with Crippen molar-refractivity contribution in [3.63, 3.8) is 0 Å². The van der Waals surface area contributed by atoms with Crippen molar-refractivity contribution in [3.05, 3.63) is 30.1 Å². The second-order valence-corrected chi connectivity index (χ2v) is 4.87. The topological polar surface area (TPSA) is 60.6 Å². The molecule has 0 aliphatic rings. The summed E-state index contributed by atoms with van der Waals surface area (Å²) in [7, 11) is 0.